The Hall–Kier alpha value is 1.40. The lowest BCUT2D eigenvalue weighted by atomic mass is 10.4. The molecule has 0 nitrogen and oxygen atoms in total. The smallest absolute Gasteiger partial charge is 0.0237 e. The molecule has 0 fully saturated rings. The third kappa shape index (κ3) is 5.95. The molecule has 4 heteroatoms. The SMILES string of the molecule is CC(S)C(C)SSC(C)C(C)S. The van der Waals surface area contributed by atoms with E-state index in [9.17, 15) is 0 Å². The van der Waals surface area contributed by atoms with E-state index in [4.69, 9.17) is 0 Å². The summed E-state index contributed by atoms with van der Waals surface area (Å²) < 4.78 is 0. The molecule has 12 heavy (non-hydrogen) atoms. The molecule has 0 aromatic heterocycles. The molecule has 4 atom stereocenters. The van der Waals surface area contributed by atoms with E-state index in [1.54, 1.807) is 0 Å². The third-order valence-electron chi connectivity index (χ3n) is 1.72. The first kappa shape index (κ1) is 13.4. The zero-order valence-electron chi connectivity index (χ0n) is 8.02. The fourth-order valence-corrected chi connectivity index (χ4v) is 3.92. The second-order valence-electron chi connectivity index (χ2n) is 3.08. The number of thiol groups is 2. The Bertz CT molecular complexity index is 99.6. The fraction of sp³-hybridized carbons (Fsp3) is 1.00. The van der Waals surface area contributed by atoms with E-state index in [-0.39, 0.29) is 0 Å². The second-order valence-corrected chi connectivity index (χ2v) is 7.74. The lowest BCUT2D eigenvalue weighted by Gasteiger charge is -2.18. The summed E-state index contributed by atoms with van der Waals surface area (Å²) >= 11 is 8.79. The standard InChI is InChI=1S/C8H18S4/c1-5(9)7(3)11-12-8(4)6(2)10/h5-10H,1-4H3. The second kappa shape index (κ2) is 6.80. The molecule has 0 radical (unpaired) electrons. The van der Waals surface area contributed by atoms with Crippen molar-refractivity contribution in [2.24, 2.45) is 0 Å². The van der Waals surface area contributed by atoms with Gasteiger partial charge < -0.3 is 0 Å². The summed E-state index contributed by atoms with van der Waals surface area (Å²) in [7, 11) is 3.82. The van der Waals surface area contributed by atoms with Crippen LogP contribution in [0.5, 0.6) is 0 Å². The third-order valence-corrected chi connectivity index (χ3v) is 6.71. The molecular formula is C8H18S4. The minimum atomic E-state index is 0.463. The van der Waals surface area contributed by atoms with Crippen molar-refractivity contribution < 1.29 is 0 Å². The molecule has 0 aliphatic heterocycles. The van der Waals surface area contributed by atoms with Crippen LogP contribution in [0.25, 0.3) is 0 Å². The molecule has 0 amide bonds. The van der Waals surface area contributed by atoms with E-state index in [1.165, 1.54) is 0 Å². The van der Waals surface area contributed by atoms with Gasteiger partial charge in [-0.25, -0.2) is 0 Å². The minimum absolute atomic E-state index is 0.463. The topological polar surface area (TPSA) is 0 Å². The molecular weight excluding hydrogens is 224 g/mol. The molecule has 0 saturated carbocycles. The van der Waals surface area contributed by atoms with Gasteiger partial charge >= 0.3 is 0 Å². The summed E-state index contributed by atoms with van der Waals surface area (Å²) in [6, 6.07) is 0. The fourth-order valence-electron chi connectivity index (χ4n) is 0.336. The normalized spacial score (nSPS) is 21.5. The lowest BCUT2D eigenvalue weighted by molar-refractivity contribution is 0.932. The van der Waals surface area contributed by atoms with Crippen molar-refractivity contribution in [3.8, 4) is 0 Å². The highest BCUT2D eigenvalue weighted by atomic mass is 33.1. The van der Waals surface area contributed by atoms with Gasteiger partial charge in [0.2, 0.25) is 0 Å². The van der Waals surface area contributed by atoms with Gasteiger partial charge in [0.15, 0.2) is 0 Å². The first-order valence-electron chi connectivity index (χ1n) is 4.13. The van der Waals surface area contributed by atoms with E-state index >= 15 is 0 Å². The Balaban J connectivity index is 3.54. The van der Waals surface area contributed by atoms with Crippen molar-refractivity contribution in [2.75, 3.05) is 0 Å². The van der Waals surface area contributed by atoms with Crippen LogP contribution in [-0.4, -0.2) is 21.0 Å². The minimum Gasteiger partial charge on any atom is -0.175 e. The van der Waals surface area contributed by atoms with Crippen LogP contribution in [-0.2, 0) is 0 Å². The van der Waals surface area contributed by atoms with Crippen LogP contribution in [0.1, 0.15) is 27.7 Å². The van der Waals surface area contributed by atoms with Crippen molar-refractivity contribution in [3.63, 3.8) is 0 Å². The Morgan fingerprint density at radius 1 is 0.750 bits per heavy atom. The average Bonchev–Trinajstić information content (AvgIpc) is 1.98. The van der Waals surface area contributed by atoms with E-state index in [0.717, 1.165) is 0 Å². The predicted molar refractivity (Wildman–Crippen MR) is 71.0 cm³/mol. The van der Waals surface area contributed by atoms with Crippen LogP contribution in [0.2, 0.25) is 0 Å². The quantitative estimate of drug-likeness (QED) is 0.556. The number of hydrogen-bond donors (Lipinski definition) is 2. The molecule has 0 aromatic carbocycles. The maximum absolute atomic E-state index is 4.39. The molecule has 0 aromatic rings. The summed E-state index contributed by atoms with van der Waals surface area (Å²) in [5.74, 6) is 0. The van der Waals surface area contributed by atoms with Crippen molar-refractivity contribution in [1.29, 1.82) is 0 Å². The molecule has 0 rings (SSSR count). The highest BCUT2D eigenvalue weighted by molar-refractivity contribution is 8.77. The zero-order valence-corrected chi connectivity index (χ0v) is 11.4. The van der Waals surface area contributed by atoms with Crippen LogP contribution in [0, 0.1) is 0 Å². The highest BCUT2D eigenvalue weighted by Crippen LogP contribution is 2.35. The first-order valence-corrected chi connectivity index (χ1v) is 7.44. The Morgan fingerprint density at radius 2 is 1.00 bits per heavy atom. The van der Waals surface area contributed by atoms with Gasteiger partial charge in [0.1, 0.15) is 0 Å². The predicted octanol–water partition coefficient (Wildman–Crippen LogP) is 3.78. The van der Waals surface area contributed by atoms with Gasteiger partial charge in [-0.15, -0.1) is 0 Å². The van der Waals surface area contributed by atoms with Gasteiger partial charge in [0, 0.05) is 21.0 Å². The van der Waals surface area contributed by atoms with E-state index in [1.807, 2.05) is 21.6 Å². The van der Waals surface area contributed by atoms with Crippen molar-refractivity contribution in [2.45, 2.75) is 48.7 Å². The summed E-state index contributed by atoms with van der Waals surface area (Å²) in [5, 5.41) is 2.13. The number of hydrogen-bond acceptors (Lipinski definition) is 4. The number of rotatable bonds is 5. The zero-order chi connectivity index (χ0) is 9.72. The molecule has 0 saturated heterocycles. The first-order chi connectivity index (χ1) is 5.45. The Kier molecular flexibility index (Phi) is 7.59. The average molecular weight is 243 g/mol. The Morgan fingerprint density at radius 3 is 1.17 bits per heavy atom. The molecule has 4 unspecified atom stereocenters. The van der Waals surface area contributed by atoms with Gasteiger partial charge in [-0.1, -0.05) is 49.3 Å². The summed E-state index contributed by atoms with van der Waals surface area (Å²) in [6.07, 6.45) is 0. The lowest BCUT2D eigenvalue weighted by Crippen LogP contribution is -2.12. The van der Waals surface area contributed by atoms with Crippen LogP contribution in [0.4, 0.5) is 0 Å². The van der Waals surface area contributed by atoms with Gasteiger partial charge in [-0.3, -0.25) is 0 Å². The van der Waals surface area contributed by atoms with Gasteiger partial charge in [0.05, 0.1) is 0 Å². The molecule has 0 aliphatic rings. The van der Waals surface area contributed by atoms with Gasteiger partial charge in [-0.2, -0.15) is 25.3 Å². The van der Waals surface area contributed by atoms with Gasteiger partial charge in [0.25, 0.3) is 0 Å². The van der Waals surface area contributed by atoms with Crippen LogP contribution in [0.15, 0.2) is 0 Å². The maximum atomic E-state index is 4.39. The highest BCUT2D eigenvalue weighted by Gasteiger charge is 2.13. The van der Waals surface area contributed by atoms with E-state index < -0.39 is 0 Å². The van der Waals surface area contributed by atoms with E-state index in [2.05, 4.69) is 53.0 Å². The van der Waals surface area contributed by atoms with Gasteiger partial charge in [-0.05, 0) is 0 Å². The summed E-state index contributed by atoms with van der Waals surface area (Å²) in [6.45, 7) is 8.70. The van der Waals surface area contributed by atoms with Crippen LogP contribution in [0.3, 0.4) is 0 Å². The van der Waals surface area contributed by atoms with E-state index in [0.29, 0.717) is 21.0 Å². The maximum Gasteiger partial charge on any atom is 0.0237 e. The molecule has 0 aliphatic carbocycles. The summed E-state index contributed by atoms with van der Waals surface area (Å²) in [5.41, 5.74) is 0. The largest absolute Gasteiger partial charge is 0.175 e. The molecule has 0 spiro atoms. The van der Waals surface area contributed by atoms with Crippen LogP contribution < -0.4 is 0 Å². The Labute approximate surface area is 95.3 Å². The van der Waals surface area contributed by atoms with Crippen molar-refractivity contribution >= 4 is 46.8 Å². The summed E-state index contributed by atoms with van der Waals surface area (Å²) in [4.78, 5) is 0. The van der Waals surface area contributed by atoms with Crippen LogP contribution >= 0.6 is 46.8 Å². The van der Waals surface area contributed by atoms with Crippen molar-refractivity contribution in [3.05, 3.63) is 0 Å². The molecule has 0 bridgehead atoms. The molecule has 0 N–H and O–H groups in total. The molecule has 0 heterocycles. The van der Waals surface area contributed by atoms with Crippen molar-refractivity contribution in [1.82, 2.24) is 0 Å². The monoisotopic (exact) mass is 242 g/mol. The molecule has 74 valence electrons.